The summed E-state index contributed by atoms with van der Waals surface area (Å²) in [5.74, 6) is -1.20. The molecule has 2 amide bonds. The number of rotatable bonds is 10. The summed E-state index contributed by atoms with van der Waals surface area (Å²) in [6, 6.07) is 20.2. The average Bonchev–Trinajstić information content (AvgIpc) is 3.54. The van der Waals surface area contributed by atoms with Gasteiger partial charge in [-0.3, -0.25) is 4.79 Å². The Balaban J connectivity index is 1.21. The third kappa shape index (κ3) is 5.72. The van der Waals surface area contributed by atoms with E-state index in [0.717, 1.165) is 44.3 Å². The van der Waals surface area contributed by atoms with Crippen molar-refractivity contribution in [1.29, 1.82) is 0 Å². The van der Waals surface area contributed by atoms with Crippen LogP contribution >= 0.6 is 0 Å². The van der Waals surface area contributed by atoms with Gasteiger partial charge in [0.25, 0.3) is 0 Å². The third-order valence-corrected chi connectivity index (χ3v) is 7.55. The molecule has 0 bridgehead atoms. The molecule has 3 aromatic carbocycles. The molecule has 3 N–H and O–H groups in total. The van der Waals surface area contributed by atoms with Gasteiger partial charge in [-0.1, -0.05) is 72.8 Å². The number of hydrogen-bond acceptors (Lipinski definition) is 5. The monoisotopic (exact) mass is 551 g/mol. The van der Waals surface area contributed by atoms with Crippen LogP contribution in [-0.4, -0.2) is 48.8 Å². The van der Waals surface area contributed by atoms with Gasteiger partial charge in [-0.05, 0) is 46.7 Å². The zero-order chi connectivity index (χ0) is 28.9. The van der Waals surface area contributed by atoms with E-state index in [0.29, 0.717) is 6.42 Å². The highest BCUT2D eigenvalue weighted by molar-refractivity contribution is 5.91. The number of carbonyl (C=O) groups is 3. The van der Waals surface area contributed by atoms with Crippen LogP contribution in [0.1, 0.15) is 35.1 Å². The van der Waals surface area contributed by atoms with Gasteiger partial charge in [0.05, 0.1) is 7.11 Å². The van der Waals surface area contributed by atoms with Crippen molar-refractivity contribution < 1.29 is 23.9 Å². The molecule has 210 valence electrons. The van der Waals surface area contributed by atoms with E-state index in [2.05, 4.69) is 34.3 Å². The van der Waals surface area contributed by atoms with Gasteiger partial charge in [-0.25, -0.2) is 9.59 Å². The molecule has 4 aromatic rings. The number of ether oxygens (including phenoxy) is 2. The largest absolute Gasteiger partial charge is 0.467 e. The third-order valence-electron chi connectivity index (χ3n) is 7.55. The van der Waals surface area contributed by atoms with Crippen LogP contribution < -0.4 is 10.6 Å². The summed E-state index contributed by atoms with van der Waals surface area (Å²) < 4.78 is 10.5. The summed E-state index contributed by atoms with van der Waals surface area (Å²) >= 11 is 0. The van der Waals surface area contributed by atoms with Crippen molar-refractivity contribution in [3.8, 4) is 11.1 Å². The number of benzene rings is 3. The van der Waals surface area contributed by atoms with Crippen LogP contribution in [0.2, 0.25) is 0 Å². The van der Waals surface area contributed by atoms with Gasteiger partial charge in [0.2, 0.25) is 5.91 Å². The summed E-state index contributed by atoms with van der Waals surface area (Å²) in [6.07, 6.45) is 3.87. The summed E-state index contributed by atoms with van der Waals surface area (Å²) in [6.45, 7) is 5.48. The molecule has 8 heteroatoms. The molecule has 8 nitrogen and oxygen atoms in total. The molecular formula is C33H33N3O5. The predicted molar refractivity (Wildman–Crippen MR) is 158 cm³/mol. The molecule has 0 radical (unpaired) electrons. The maximum atomic E-state index is 13.0. The van der Waals surface area contributed by atoms with E-state index in [-0.39, 0.29) is 18.9 Å². The number of aromatic nitrogens is 1. The Labute approximate surface area is 238 Å². The normalized spacial score (nSPS) is 13.5. The molecule has 0 unspecified atom stereocenters. The van der Waals surface area contributed by atoms with Crippen LogP contribution in [0.4, 0.5) is 4.79 Å². The summed E-state index contributed by atoms with van der Waals surface area (Å²) in [5, 5.41) is 6.26. The second-order valence-corrected chi connectivity index (χ2v) is 10.1. The fraction of sp³-hybridized carbons (Fsp3) is 0.242. The lowest BCUT2D eigenvalue weighted by atomic mass is 9.98. The molecule has 1 heterocycles. The van der Waals surface area contributed by atoms with Crippen molar-refractivity contribution in [2.75, 3.05) is 13.7 Å². The number of aromatic amines is 1. The molecule has 0 aliphatic heterocycles. The summed E-state index contributed by atoms with van der Waals surface area (Å²) in [5.41, 5.74) is 7.37. The highest BCUT2D eigenvalue weighted by atomic mass is 16.5. The zero-order valence-corrected chi connectivity index (χ0v) is 23.1. The number of methoxy groups -OCH3 is 1. The second-order valence-electron chi connectivity index (χ2n) is 10.1. The number of esters is 1. The average molecular weight is 552 g/mol. The first-order valence-electron chi connectivity index (χ1n) is 13.6. The summed E-state index contributed by atoms with van der Waals surface area (Å²) in [7, 11) is 1.28. The van der Waals surface area contributed by atoms with Gasteiger partial charge in [-0.15, -0.1) is 6.58 Å². The number of amides is 2. The Morgan fingerprint density at radius 3 is 2.29 bits per heavy atom. The van der Waals surface area contributed by atoms with Crippen LogP contribution in [0.25, 0.3) is 22.0 Å². The number of nitrogens with one attached hydrogen (secondary N) is 3. The van der Waals surface area contributed by atoms with Gasteiger partial charge in [0.1, 0.15) is 18.7 Å². The molecule has 1 aliphatic carbocycles. The lowest BCUT2D eigenvalue weighted by Gasteiger charge is -2.20. The second kappa shape index (κ2) is 12.1. The number of carbonyl (C=O) groups excluding carboxylic acids is 3. The topological polar surface area (TPSA) is 110 Å². The van der Waals surface area contributed by atoms with Crippen molar-refractivity contribution in [1.82, 2.24) is 15.6 Å². The minimum atomic E-state index is -0.944. The first-order valence-corrected chi connectivity index (χ1v) is 13.6. The van der Waals surface area contributed by atoms with E-state index in [1.807, 2.05) is 66.9 Å². The highest BCUT2D eigenvalue weighted by Gasteiger charge is 2.30. The Hall–Kier alpha value is -4.85. The van der Waals surface area contributed by atoms with E-state index in [4.69, 9.17) is 9.47 Å². The fourth-order valence-corrected chi connectivity index (χ4v) is 5.50. The number of allylic oxidation sites excluding steroid dienone is 1. The Kier molecular flexibility index (Phi) is 8.19. The number of alkyl carbamates (subject to hydrolysis) is 1. The van der Waals surface area contributed by atoms with Crippen molar-refractivity contribution in [2.24, 2.45) is 0 Å². The van der Waals surface area contributed by atoms with Gasteiger partial charge in [0.15, 0.2) is 0 Å². The Morgan fingerprint density at radius 1 is 0.951 bits per heavy atom. The molecule has 5 rings (SSSR count). The smallest absolute Gasteiger partial charge is 0.407 e. The first kappa shape index (κ1) is 27.7. The van der Waals surface area contributed by atoms with Gasteiger partial charge in [0, 0.05) is 29.4 Å². The maximum Gasteiger partial charge on any atom is 0.407 e. The van der Waals surface area contributed by atoms with Crippen LogP contribution in [0.5, 0.6) is 0 Å². The predicted octanol–water partition coefficient (Wildman–Crippen LogP) is 5.02. The Morgan fingerprint density at radius 2 is 1.63 bits per heavy atom. The fourth-order valence-electron chi connectivity index (χ4n) is 5.50. The van der Waals surface area contributed by atoms with Gasteiger partial charge in [-0.2, -0.15) is 0 Å². The van der Waals surface area contributed by atoms with Crippen LogP contribution in [0.15, 0.2) is 85.6 Å². The van der Waals surface area contributed by atoms with Crippen LogP contribution in [0.3, 0.4) is 0 Å². The number of hydrogen-bond donors (Lipinski definition) is 3. The molecule has 2 atom stereocenters. The lowest BCUT2D eigenvalue weighted by molar-refractivity contribution is -0.145. The lowest BCUT2D eigenvalue weighted by Crippen LogP contribution is -2.51. The number of para-hydroxylation sites is 1. The molecular weight excluding hydrogens is 518 g/mol. The number of fused-ring (bicyclic) bond motifs is 4. The van der Waals surface area contributed by atoms with Crippen molar-refractivity contribution in [3.63, 3.8) is 0 Å². The highest BCUT2D eigenvalue weighted by Crippen LogP contribution is 2.44. The van der Waals surface area contributed by atoms with Crippen LogP contribution in [0, 0.1) is 0 Å². The zero-order valence-electron chi connectivity index (χ0n) is 23.1. The van der Waals surface area contributed by atoms with E-state index in [1.54, 1.807) is 6.92 Å². The van der Waals surface area contributed by atoms with Crippen molar-refractivity contribution in [3.05, 3.63) is 108 Å². The van der Waals surface area contributed by atoms with Gasteiger partial charge >= 0.3 is 12.1 Å². The van der Waals surface area contributed by atoms with Crippen molar-refractivity contribution >= 4 is 28.9 Å². The molecule has 0 saturated carbocycles. The van der Waals surface area contributed by atoms with Crippen LogP contribution in [-0.2, 0) is 31.9 Å². The first-order chi connectivity index (χ1) is 19.9. The van der Waals surface area contributed by atoms with E-state index < -0.39 is 30.1 Å². The van der Waals surface area contributed by atoms with E-state index in [1.165, 1.54) is 7.11 Å². The quantitative estimate of drug-likeness (QED) is 0.189. The molecule has 41 heavy (non-hydrogen) atoms. The van der Waals surface area contributed by atoms with E-state index >= 15 is 0 Å². The summed E-state index contributed by atoms with van der Waals surface area (Å²) in [4.78, 5) is 41.6. The molecule has 0 fully saturated rings. The van der Waals surface area contributed by atoms with Gasteiger partial charge < -0.3 is 25.1 Å². The minimum Gasteiger partial charge on any atom is -0.467 e. The molecule has 1 aliphatic rings. The number of H-pyrrole nitrogens is 1. The molecule has 1 aromatic heterocycles. The molecule has 0 spiro atoms. The van der Waals surface area contributed by atoms with Crippen molar-refractivity contribution in [2.45, 2.75) is 37.8 Å². The molecule has 0 saturated heterocycles. The SMILES string of the molecule is C=CCc1cccc2c(C[C@H](NC(=O)[C@H](C)NC(=O)OCC3c4ccccc4-c4ccccc43)C(=O)OC)c[nH]c12. The minimum absolute atomic E-state index is 0.0934. The maximum absolute atomic E-state index is 13.0. The Bertz CT molecular complexity index is 1560. The van der Waals surface area contributed by atoms with E-state index in [9.17, 15) is 14.4 Å². The standard InChI is InChI=1S/C33H33N3O5/c1-4-10-21-11-9-16-23-22(18-34-30(21)23)17-29(32(38)40-3)36-31(37)20(2)35-33(39)41-19-28-26-14-7-5-12-24(26)25-13-6-8-15-27(25)28/h4-9,11-16,18,20,28-29,34H,1,10,17,19H2,2-3H3,(H,35,39)(H,36,37)/t20-,29-/m0/s1.